The van der Waals surface area contributed by atoms with Crippen LogP contribution in [0.15, 0.2) is 48.5 Å². The number of amides is 1. The molecule has 0 aromatic heterocycles. The number of likely N-dealkylation sites (tertiary alicyclic amines) is 1. The molecule has 2 aromatic rings. The molecule has 2 aromatic carbocycles. The molecule has 0 radical (unpaired) electrons. The van der Waals surface area contributed by atoms with Gasteiger partial charge in [-0.25, -0.2) is 0 Å². The molecule has 1 aliphatic heterocycles. The summed E-state index contributed by atoms with van der Waals surface area (Å²) in [5.41, 5.74) is 3.18. The highest BCUT2D eigenvalue weighted by Crippen LogP contribution is 2.18. The van der Waals surface area contributed by atoms with Crippen molar-refractivity contribution in [1.29, 1.82) is 0 Å². The minimum absolute atomic E-state index is 0.131. The van der Waals surface area contributed by atoms with Crippen molar-refractivity contribution < 1.29 is 9.53 Å². The summed E-state index contributed by atoms with van der Waals surface area (Å²) in [6.07, 6.45) is 1.78. The number of nitrogens with zero attached hydrogens (tertiary/aromatic N) is 1. The number of benzene rings is 2. The molecule has 148 valence electrons. The summed E-state index contributed by atoms with van der Waals surface area (Å²) in [7, 11) is 0. The lowest BCUT2D eigenvalue weighted by atomic mass is 10.1. The standard InChI is InChI=1S/C22H27N3O2S/c1-16(2)27-20-6-3-5-19(13-20)24-22(28)23-14-17-8-10-18(11-9-17)15-25-12-4-7-21(25)26/h3,5-6,8-11,13,16H,4,7,12,14-15H2,1-2H3,(H2,23,24,28). The average molecular weight is 398 g/mol. The number of hydrogen-bond donors (Lipinski definition) is 2. The molecule has 0 atom stereocenters. The van der Waals surface area contributed by atoms with E-state index in [1.165, 1.54) is 0 Å². The van der Waals surface area contributed by atoms with Gasteiger partial charge in [0.25, 0.3) is 0 Å². The minimum Gasteiger partial charge on any atom is -0.491 e. The summed E-state index contributed by atoms with van der Waals surface area (Å²) in [6, 6.07) is 16.0. The Balaban J connectivity index is 1.47. The molecule has 3 rings (SSSR count). The van der Waals surface area contributed by atoms with Crippen LogP contribution in [0, 0.1) is 0 Å². The smallest absolute Gasteiger partial charge is 0.222 e. The normalized spacial score (nSPS) is 13.7. The van der Waals surface area contributed by atoms with Gasteiger partial charge in [0.1, 0.15) is 5.75 Å². The topological polar surface area (TPSA) is 53.6 Å². The van der Waals surface area contributed by atoms with Crippen LogP contribution in [0.2, 0.25) is 0 Å². The van der Waals surface area contributed by atoms with Crippen LogP contribution >= 0.6 is 12.2 Å². The molecule has 0 bridgehead atoms. The predicted octanol–water partition coefficient (Wildman–Crippen LogP) is 4.08. The number of carbonyl (C=O) groups excluding carboxylic acids is 1. The van der Waals surface area contributed by atoms with Gasteiger partial charge in [0, 0.05) is 37.8 Å². The molecule has 1 saturated heterocycles. The molecule has 5 nitrogen and oxygen atoms in total. The molecule has 1 heterocycles. The fourth-order valence-corrected chi connectivity index (χ4v) is 3.32. The minimum atomic E-state index is 0.131. The van der Waals surface area contributed by atoms with Gasteiger partial charge < -0.3 is 20.3 Å². The van der Waals surface area contributed by atoms with Crippen molar-refractivity contribution in [3.8, 4) is 5.75 Å². The highest BCUT2D eigenvalue weighted by Gasteiger charge is 2.19. The molecule has 1 amide bonds. The van der Waals surface area contributed by atoms with Gasteiger partial charge in [-0.05, 0) is 55.7 Å². The molecule has 0 spiro atoms. The van der Waals surface area contributed by atoms with Crippen molar-refractivity contribution in [3.63, 3.8) is 0 Å². The molecule has 2 N–H and O–H groups in total. The largest absolute Gasteiger partial charge is 0.491 e. The van der Waals surface area contributed by atoms with E-state index in [0.717, 1.165) is 35.5 Å². The quantitative estimate of drug-likeness (QED) is 0.690. The van der Waals surface area contributed by atoms with Gasteiger partial charge in [-0.15, -0.1) is 0 Å². The van der Waals surface area contributed by atoms with E-state index in [1.807, 2.05) is 43.0 Å². The number of carbonyl (C=O) groups is 1. The summed E-state index contributed by atoms with van der Waals surface area (Å²) in [5, 5.41) is 6.97. The lowest BCUT2D eigenvalue weighted by Gasteiger charge is -2.16. The molecular weight excluding hydrogens is 370 g/mol. The average Bonchev–Trinajstić information content (AvgIpc) is 3.05. The second-order valence-electron chi connectivity index (χ2n) is 7.24. The highest BCUT2D eigenvalue weighted by molar-refractivity contribution is 7.80. The Kier molecular flexibility index (Phi) is 6.87. The van der Waals surface area contributed by atoms with Gasteiger partial charge in [0.2, 0.25) is 5.91 Å². The number of thiocarbonyl (C=S) groups is 1. The molecule has 1 aliphatic rings. The Morgan fingerprint density at radius 1 is 1.18 bits per heavy atom. The van der Waals surface area contributed by atoms with Gasteiger partial charge in [0.15, 0.2) is 5.11 Å². The van der Waals surface area contributed by atoms with Crippen molar-refractivity contribution >= 4 is 28.9 Å². The summed E-state index contributed by atoms with van der Waals surface area (Å²) < 4.78 is 5.70. The molecule has 0 unspecified atom stereocenters. The van der Waals surface area contributed by atoms with Crippen molar-refractivity contribution in [3.05, 3.63) is 59.7 Å². The Hall–Kier alpha value is -2.60. The third-order valence-corrected chi connectivity index (χ3v) is 4.73. The molecule has 1 fully saturated rings. The van der Waals surface area contributed by atoms with Crippen molar-refractivity contribution in [2.45, 2.75) is 45.9 Å². The Morgan fingerprint density at radius 2 is 1.93 bits per heavy atom. The second-order valence-corrected chi connectivity index (χ2v) is 7.65. The van der Waals surface area contributed by atoms with E-state index in [0.29, 0.717) is 24.6 Å². The van der Waals surface area contributed by atoms with Gasteiger partial charge in [-0.2, -0.15) is 0 Å². The first-order valence-electron chi connectivity index (χ1n) is 9.67. The van der Waals surface area contributed by atoms with E-state index in [1.54, 1.807) is 0 Å². The fourth-order valence-electron chi connectivity index (χ4n) is 3.13. The number of hydrogen-bond acceptors (Lipinski definition) is 3. The van der Waals surface area contributed by atoms with E-state index < -0.39 is 0 Å². The van der Waals surface area contributed by atoms with Crippen molar-refractivity contribution in [2.75, 3.05) is 11.9 Å². The molecule has 6 heteroatoms. The monoisotopic (exact) mass is 397 g/mol. The van der Waals surface area contributed by atoms with E-state index in [-0.39, 0.29) is 12.0 Å². The van der Waals surface area contributed by atoms with Gasteiger partial charge in [0.05, 0.1) is 6.10 Å². The number of nitrogens with one attached hydrogen (secondary N) is 2. The van der Waals surface area contributed by atoms with Crippen molar-refractivity contribution in [2.24, 2.45) is 0 Å². The van der Waals surface area contributed by atoms with Gasteiger partial charge >= 0.3 is 0 Å². The van der Waals surface area contributed by atoms with Gasteiger partial charge in [-0.3, -0.25) is 4.79 Å². The first-order chi connectivity index (χ1) is 13.5. The van der Waals surface area contributed by atoms with Crippen LogP contribution in [0.25, 0.3) is 0 Å². The van der Waals surface area contributed by atoms with Crippen LogP contribution in [0.4, 0.5) is 5.69 Å². The lowest BCUT2D eigenvalue weighted by molar-refractivity contribution is -0.128. The first kappa shape index (κ1) is 20.1. The van der Waals surface area contributed by atoms with Crippen LogP contribution in [0.1, 0.15) is 37.8 Å². The van der Waals surface area contributed by atoms with Crippen LogP contribution in [0.5, 0.6) is 5.75 Å². The van der Waals surface area contributed by atoms with E-state index >= 15 is 0 Å². The Bertz CT molecular complexity index is 821. The van der Waals surface area contributed by atoms with E-state index in [2.05, 4.69) is 34.9 Å². The summed E-state index contributed by atoms with van der Waals surface area (Å²) in [6.45, 7) is 6.20. The summed E-state index contributed by atoms with van der Waals surface area (Å²) in [5.74, 6) is 1.07. The van der Waals surface area contributed by atoms with Crippen LogP contribution in [-0.4, -0.2) is 28.6 Å². The van der Waals surface area contributed by atoms with E-state index in [4.69, 9.17) is 17.0 Å². The third-order valence-electron chi connectivity index (χ3n) is 4.48. The summed E-state index contributed by atoms with van der Waals surface area (Å²) >= 11 is 5.39. The first-order valence-corrected chi connectivity index (χ1v) is 10.1. The zero-order valence-corrected chi connectivity index (χ0v) is 17.2. The maximum Gasteiger partial charge on any atom is 0.222 e. The van der Waals surface area contributed by atoms with E-state index in [9.17, 15) is 4.79 Å². The third kappa shape index (κ3) is 5.96. The molecule has 0 saturated carbocycles. The zero-order valence-electron chi connectivity index (χ0n) is 16.4. The number of rotatable bonds is 7. The molecule has 28 heavy (non-hydrogen) atoms. The van der Waals surface area contributed by atoms with Gasteiger partial charge in [-0.1, -0.05) is 30.3 Å². The SMILES string of the molecule is CC(C)Oc1cccc(NC(=S)NCc2ccc(CN3CCCC3=O)cc2)c1. The highest BCUT2D eigenvalue weighted by atomic mass is 32.1. The summed E-state index contributed by atoms with van der Waals surface area (Å²) in [4.78, 5) is 13.7. The Labute approximate surface area is 172 Å². The number of ether oxygens (including phenoxy) is 1. The fraction of sp³-hybridized carbons (Fsp3) is 0.364. The maximum atomic E-state index is 11.7. The molecule has 0 aliphatic carbocycles. The lowest BCUT2D eigenvalue weighted by Crippen LogP contribution is -2.28. The second kappa shape index (κ2) is 9.55. The van der Waals surface area contributed by atoms with Crippen LogP contribution in [0.3, 0.4) is 0 Å². The van der Waals surface area contributed by atoms with Crippen LogP contribution < -0.4 is 15.4 Å². The number of anilines is 1. The van der Waals surface area contributed by atoms with Crippen LogP contribution in [-0.2, 0) is 17.9 Å². The zero-order chi connectivity index (χ0) is 19.9. The molecular formula is C22H27N3O2S. The predicted molar refractivity (Wildman–Crippen MR) is 116 cm³/mol. The maximum absolute atomic E-state index is 11.7. The Morgan fingerprint density at radius 3 is 2.61 bits per heavy atom. The van der Waals surface area contributed by atoms with Crippen molar-refractivity contribution in [1.82, 2.24) is 10.2 Å².